The van der Waals surface area contributed by atoms with Crippen LogP contribution in [0.4, 0.5) is 18.9 Å². The largest absolute Gasteiger partial charge is 0.534 e. The number of benzene rings is 1. The molecule has 2 N–H and O–H groups in total. The summed E-state index contributed by atoms with van der Waals surface area (Å²) in [5, 5.41) is 0.347. The molecular weight excluding hydrogens is 534 g/mol. The van der Waals surface area contributed by atoms with Gasteiger partial charge in [-0.25, -0.2) is 0 Å². The first-order chi connectivity index (χ1) is 12.5. The number of alkyl halides is 3. The van der Waals surface area contributed by atoms with Gasteiger partial charge in [0.25, 0.3) is 0 Å². The summed E-state index contributed by atoms with van der Waals surface area (Å²) in [4.78, 5) is 0. The summed E-state index contributed by atoms with van der Waals surface area (Å²) in [6, 6.07) is 3.24. The highest BCUT2D eigenvalue weighted by molar-refractivity contribution is 14.1. The highest BCUT2D eigenvalue weighted by Gasteiger charge is 2.52. The third-order valence-electron chi connectivity index (χ3n) is 4.28. The molecule has 0 unspecified atom stereocenters. The second-order valence-corrected chi connectivity index (χ2v) is 10.7. The molecule has 1 aromatic rings. The smallest absolute Gasteiger partial charge is 0.398 e. The maximum absolute atomic E-state index is 12.9. The lowest BCUT2D eigenvalue weighted by molar-refractivity contribution is -0.141. The summed E-state index contributed by atoms with van der Waals surface area (Å²) in [6.45, 7) is 6.56. The van der Waals surface area contributed by atoms with Gasteiger partial charge in [0.2, 0.25) is 0 Å². The second-order valence-electron chi connectivity index (χ2n) is 7.56. The fraction of sp³-hybridized carbons (Fsp3) is 0.529. The molecule has 0 aromatic heterocycles. The third kappa shape index (κ3) is 5.06. The fourth-order valence-corrected chi connectivity index (χ4v) is 4.70. The average Bonchev–Trinajstić information content (AvgIpc) is 2.44. The Morgan fingerprint density at radius 3 is 2.39 bits per heavy atom. The summed E-state index contributed by atoms with van der Waals surface area (Å²) in [6.07, 6.45) is 1.40. The molecule has 11 heteroatoms. The number of rotatable bonds is 4. The van der Waals surface area contributed by atoms with Crippen LogP contribution >= 0.6 is 34.2 Å². The van der Waals surface area contributed by atoms with E-state index in [2.05, 4.69) is 4.18 Å². The van der Waals surface area contributed by atoms with Crippen molar-refractivity contribution in [1.82, 2.24) is 0 Å². The van der Waals surface area contributed by atoms with Crippen LogP contribution in [0.1, 0.15) is 33.3 Å². The highest BCUT2D eigenvalue weighted by atomic mass is 127. The van der Waals surface area contributed by atoms with Gasteiger partial charge in [0.05, 0.1) is 27.8 Å². The van der Waals surface area contributed by atoms with Crippen molar-refractivity contribution < 1.29 is 30.5 Å². The van der Waals surface area contributed by atoms with Crippen LogP contribution in [-0.2, 0) is 25.5 Å². The first-order valence-electron chi connectivity index (χ1n) is 8.12. The number of nitrogens with two attached hydrogens (primary N) is 1. The molecule has 0 radical (unpaired) electrons. The normalized spacial score (nSPS) is 21.9. The van der Waals surface area contributed by atoms with Gasteiger partial charge in [-0.2, -0.15) is 21.6 Å². The van der Waals surface area contributed by atoms with Crippen molar-refractivity contribution in [2.24, 2.45) is 5.92 Å². The molecule has 0 saturated carbocycles. The molecule has 0 bridgehead atoms. The van der Waals surface area contributed by atoms with Crippen molar-refractivity contribution in [2.45, 2.75) is 50.8 Å². The monoisotopic (exact) mass is 553 g/mol. The van der Waals surface area contributed by atoms with Crippen LogP contribution < -0.4 is 5.73 Å². The minimum Gasteiger partial charge on any atom is -0.398 e. The molecule has 1 aromatic carbocycles. The molecule has 158 valence electrons. The van der Waals surface area contributed by atoms with Gasteiger partial charge in [-0.15, -0.1) is 0 Å². The number of halogens is 5. The standard InChI is InChI=1S/C17H20ClF3INO4S/c1-15(2)8-14(26-28(24,25)17(19,20)21)10(16(3,4)27-15)5-9-6-13(23)11(18)7-12(9)22/h6-8,10H,5,23H2,1-4H3/t10-/m0/s1. The van der Waals surface area contributed by atoms with Crippen molar-refractivity contribution in [1.29, 1.82) is 0 Å². The van der Waals surface area contributed by atoms with E-state index in [-0.39, 0.29) is 12.2 Å². The van der Waals surface area contributed by atoms with Crippen molar-refractivity contribution in [3.05, 3.63) is 38.1 Å². The Bertz CT molecular complexity index is 914. The van der Waals surface area contributed by atoms with Crippen LogP contribution in [0.2, 0.25) is 5.02 Å². The van der Waals surface area contributed by atoms with Crippen LogP contribution in [0.3, 0.4) is 0 Å². The average molecular weight is 554 g/mol. The van der Waals surface area contributed by atoms with E-state index in [0.717, 1.165) is 3.57 Å². The zero-order valence-electron chi connectivity index (χ0n) is 15.5. The van der Waals surface area contributed by atoms with Gasteiger partial charge >= 0.3 is 15.6 Å². The Labute approximate surface area is 180 Å². The van der Waals surface area contributed by atoms with E-state index in [9.17, 15) is 21.6 Å². The Morgan fingerprint density at radius 2 is 1.86 bits per heavy atom. The number of hydrogen-bond acceptors (Lipinski definition) is 5. The molecule has 0 fully saturated rings. The molecule has 0 spiro atoms. The predicted octanol–water partition coefficient (Wildman–Crippen LogP) is 5.02. The Balaban J connectivity index is 2.53. The first kappa shape index (κ1) is 23.6. The summed E-state index contributed by atoms with van der Waals surface area (Å²) in [5.74, 6) is -1.13. The maximum atomic E-state index is 12.9. The van der Waals surface area contributed by atoms with Crippen molar-refractivity contribution in [2.75, 3.05) is 5.73 Å². The molecule has 1 aliphatic rings. The summed E-state index contributed by atoms with van der Waals surface area (Å²) in [7, 11) is -5.82. The van der Waals surface area contributed by atoms with Gasteiger partial charge < -0.3 is 14.7 Å². The van der Waals surface area contributed by atoms with Gasteiger partial charge in [0.1, 0.15) is 5.76 Å². The molecule has 2 rings (SSSR count). The van der Waals surface area contributed by atoms with Crippen LogP contribution in [0.25, 0.3) is 0 Å². The molecule has 5 nitrogen and oxygen atoms in total. The van der Waals surface area contributed by atoms with Crippen LogP contribution in [0.5, 0.6) is 0 Å². The molecule has 1 heterocycles. The molecule has 28 heavy (non-hydrogen) atoms. The number of hydrogen-bond donors (Lipinski definition) is 1. The van der Waals surface area contributed by atoms with Gasteiger partial charge in [-0.05, 0) is 80.5 Å². The van der Waals surface area contributed by atoms with E-state index in [4.69, 9.17) is 22.1 Å². The van der Waals surface area contributed by atoms with Crippen molar-refractivity contribution in [3.63, 3.8) is 0 Å². The molecule has 1 aliphatic heterocycles. The summed E-state index contributed by atoms with van der Waals surface area (Å²) >= 11 is 8.02. The Hall–Kier alpha value is -0.720. The molecule has 0 saturated heterocycles. The quantitative estimate of drug-likeness (QED) is 0.245. The lowest BCUT2D eigenvalue weighted by Crippen LogP contribution is -2.48. The zero-order valence-corrected chi connectivity index (χ0v) is 19.3. The molecule has 1 atom stereocenters. The van der Waals surface area contributed by atoms with E-state index in [1.165, 1.54) is 6.08 Å². The topological polar surface area (TPSA) is 78.6 Å². The van der Waals surface area contributed by atoms with Gasteiger partial charge in [0, 0.05) is 3.57 Å². The van der Waals surface area contributed by atoms with Gasteiger partial charge in [-0.1, -0.05) is 11.6 Å². The summed E-state index contributed by atoms with van der Waals surface area (Å²) < 4.78 is 73.2. The van der Waals surface area contributed by atoms with E-state index >= 15 is 0 Å². The van der Waals surface area contributed by atoms with E-state index in [0.29, 0.717) is 16.3 Å². The van der Waals surface area contributed by atoms with Crippen LogP contribution in [-0.4, -0.2) is 25.1 Å². The van der Waals surface area contributed by atoms with E-state index in [1.54, 1.807) is 39.8 Å². The lowest BCUT2D eigenvalue weighted by Gasteiger charge is -2.45. The summed E-state index contributed by atoms with van der Waals surface area (Å²) in [5.41, 5.74) is -0.753. The zero-order chi connectivity index (χ0) is 21.7. The minimum atomic E-state index is -5.82. The van der Waals surface area contributed by atoms with Gasteiger partial charge in [-0.3, -0.25) is 0 Å². The van der Waals surface area contributed by atoms with Crippen molar-refractivity contribution in [3.8, 4) is 0 Å². The van der Waals surface area contributed by atoms with E-state index < -0.39 is 32.7 Å². The number of nitrogen functional groups attached to an aromatic ring is 1. The third-order valence-corrected chi connectivity index (χ3v) is 6.59. The molecule has 0 amide bonds. The maximum Gasteiger partial charge on any atom is 0.534 e. The minimum absolute atomic E-state index is 0.141. The van der Waals surface area contributed by atoms with Crippen LogP contribution in [0.15, 0.2) is 24.0 Å². The second kappa shape index (κ2) is 7.51. The van der Waals surface area contributed by atoms with Crippen LogP contribution in [0, 0.1) is 9.49 Å². The lowest BCUT2D eigenvalue weighted by atomic mass is 9.79. The number of anilines is 1. The Morgan fingerprint density at radius 1 is 1.29 bits per heavy atom. The molecular formula is C17H20ClF3INO4S. The highest BCUT2D eigenvalue weighted by Crippen LogP contribution is 2.43. The van der Waals surface area contributed by atoms with Gasteiger partial charge in [0.15, 0.2) is 0 Å². The first-order valence-corrected chi connectivity index (χ1v) is 11.0. The molecule has 0 aliphatic carbocycles. The van der Waals surface area contributed by atoms with Crippen molar-refractivity contribution >= 4 is 50.0 Å². The Kier molecular flexibility index (Phi) is 6.32. The number of ether oxygens (including phenoxy) is 1. The SMILES string of the molecule is CC1(C)C=C(OS(=O)(=O)C(F)(F)F)[C@H](Cc2cc(N)c(Cl)cc2I)C(C)(C)O1. The van der Waals surface area contributed by atoms with E-state index in [1.807, 2.05) is 22.6 Å². The predicted molar refractivity (Wildman–Crippen MR) is 109 cm³/mol. The fourth-order valence-electron chi connectivity index (χ4n) is 3.16.